The molecule has 1 aliphatic heterocycles. The predicted molar refractivity (Wildman–Crippen MR) is 64.3 cm³/mol. The third-order valence-electron chi connectivity index (χ3n) is 2.54. The number of hydrogen-bond acceptors (Lipinski definition) is 2. The van der Waals surface area contributed by atoms with Crippen molar-refractivity contribution >= 4 is 39.3 Å². The number of carbonyl (C=O) groups is 2. The summed E-state index contributed by atoms with van der Waals surface area (Å²) in [5, 5.41) is 2.87. The van der Waals surface area contributed by atoms with Crippen molar-refractivity contribution in [3.63, 3.8) is 0 Å². The van der Waals surface area contributed by atoms with Gasteiger partial charge in [0.25, 0.3) is 0 Å². The van der Waals surface area contributed by atoms with Crippen molar-refractivity contribution < 1.29 is 9.59 Å². The molecule has 5 heteroatoms. The molecule has 0 unspecified atom stereocenters. The number of imide groups is 1. The zero-order valence-corrected chi connectivity index (χ0v) is 10.6. The number of nitrogens with one attached hydrogen (secondary N) is 1. The summed E-state index contributed by atoms with van der Waals surface area (Å²) in [5.74, 6) is -0.596. The molecule has 0 atom stereocenters. The van der Waals surface area contributed by atoms with Gasteiger partial charge in [0.2, 0.25) is 11.8 Å². The first kappa shape index (κ1) is 11.6. The van der Waals surface area contributed by atoms with E-state index in [4.69, 9.17) is 11.6 Å². The molecule has 0 aromatic heterocycles. The van der Waals surface area contributed by atoms with E-state index in [9.17, 15) is 9.59 Å². The van der Waals surface area contributed by atoms with Crippen molar-refractivity contribution in [3.8, 4) is 0 Å². The Labute approximate surface area is 106 Å². The van der Waals surface area contributed by atoms with Crippen molar-refractivity contribution in [2.45, 2.75) is 18.8 Å². The minimum absolute atomic E-state index is 0.119. The molecular weight excluding hydrogens is 293 g/mol. The molecule has 16 heavy (non-hydrogen) atoms. The molecule has 1 aromatic rings. The quantitative estimate of drug-likeness (QED) is 0.811. The summed E-state index contributed by atoms with van der Waals surface area (Å²) < 4.78 is 0.894. The van der Waals surface area contributed by atoms with Gasteiger partial charge in [-0.2, -0.15) is 0 Å². The highest BCUT2D eigenvalue weighted by Crippen LogP contribution is 2.33. The summed E-state index contributed by atoms with van der Waals surface area (Å²) in [6.45, 7) is 0. The molecule has 2 rings (SSSR count). The maximum absolute atomic E-state index is 11.3. The Kier molecular flexibility index (Phi) is 3.30. The van der Waals surface area contributed by atoms with Crippen LogP contribution in [-0.2, 0) is 9.59 Å². The molecule has 0 saturated carbocycles. The van der Waals surface area contributed by atoms with Crippen LogP contribution in [0.5, 0.6) is 0 Å². The maximum Gasteiger partial charge on any atom is 0.227 e. The van der Waals surface area contributed by atoms with Crippen LogP contribution in [0, 0.1) is 0 Å². The second-order valence-corrected chi connectivity index (χ2v) is 5.07. The Hall–Kier alpha value is -0.870. The van der Waals surface area contributed by atoms with Gasteiger partial charge < -0.3 is 0 Å². The molecule has 3 nitrogen and oxygen atoms in total. The van der Waals surface area contributed by atoms with Gasteiger partial charge in [-0.3, -0.25) is 14.9 Å². The Morgan fingerprint density at radius 1 is 1.25 bits per heavy atom. The van der Waals surface area contributed by atoms with Crippen LogP contribution in [0.1, 0.15) is 24.3 Å². The lowest BCUT2D eigenvalue weighted by atomic mass is 9.89. The maximum atomic E-state index is 11.3. The number of carbonyl (C=O) groups excluding carboxylic acids is 2. The van der Waals surface area contributed by atoms with Crippen molar-refractivity contribution in [1.29, 1.82) is 0 Å². The summed E-state index contributed by atoms with van der Waals surface area (Å²) in [7, 11) is 0. The van der Waals surface area contributed by atoms with E-state index in [-0.39, 0.29) is 17.7 Å². The number of hydrogen-bond donors (Lipinski definition) is 1. The zero-order chi connectivity index (χ0) is 11.7. The van der Waals surface area contributed by atoms with Crippen molar-refractivity contribution in [2.24, 2.45) is 0 Å². The van der Waals surface area contributed by atoms with Crippen LogP contribution >= 0.6 is 27.5 Å². The second-order valence-electron chi connectivity index (χ2n) is 3.74. The zero-order valence-electron chi connectivity index (χ0n) is 8.30. The van der Waals surface area contributed by atoms with E-state index in [1.165, 1.54) is 0 Å². The van der Waals surface area contributed by atoms with E-state index < -0.39 is 0 Å². The normalized spacial score (nSPS) is 17.4. The summed E-state index contributed by atoms with van der Waals surface area (Å²) in [6.07, 6.45) is 0.615. The van der Waals surface area contributed by atoms with Gasteiger partial charge in [0.15, 0.2) is 0 Å². The first-order valence-electron chi connectivity index (χ1n) is 4.84. The molecule has 1 fully saturated rings. The van der Waals surface area contributed by atoms with E-state index in [2.05, 4.69) is 21.2 Å². The van der Waals surface area contributed by atoms with Gasteiger partial charge >= 0.3 is 0 Å². The van der Waals surface area contributed by atoms with Crippen molar-refractivity contribution in [1.82, 2.24) is 5.32 Å². The highest BCUT2D eigenvalue weighted by molar-refractivity contribution is 9.10. The number of benzene rings is 1. The Bertz CT molecular complexity index is 445. The number of rotatable bonds is 1. The van der Waals surface area contributed by atoms with Crippen molar-refractivity contribution in [2.75, 3.05) is 0 Å². The minimum atomic E-state index is -0.239. The van der Waals surface area contributed by atoms with Crippen LogP contribution in [0.3, 0.4) is 0 Å². The topological polar surface area (TPSA) is 46.2 Å². The lowest BCUT2D eigenvalue weighted by molar-refractivity contribution is -0.133. The highest BCUT2D eigenvalue weighted by Gasteiger charge is 2.27. The molecule has 1 saturated heterocycles. The van der Waals surface area contributed by atoms with E-state index in [0.717, 1.165) is 10.0 Å². The van der Waals surface area contributed by atoms with Crippen LogP contribution in [0.4, 0.5) is 0 Å². The monoisotopic (exact) mass is 301 g/mol. The van der Waals surface area contributed by atoms with E-state index in [0.29, 0.717) is 17.9 Å². The van der Waals surface area contributed by atoms with E-state index in [1.54, 1.807) is 6.07 Å². The average Bonchev–Trinajstić information content (AvgIpc) is 2.20. The fourth-order valence-electron chi connectivity index (χ4n) is 1.82. The standard InChI is InChI=1S/C11H9BrClNO2/c12-7-1-2-9(13)8(5-7)6-3-10(15)14-11(16)4-6/h1-2,5-6H,3-4H2,(H,14,15,16). The molecule has 1 aromatic carbocycles. The second kappa shape index (κ2) is 4.55. The molecule has 2 amide bonds. The van der Waals surface area contributed by atoms with Gasteiger partial charge in [0.1, 0.15) is 0 Å². The van der Waals surface area contributed by atoms with Gasteiger partial charge in [-0.05, 0) is 23.8 Å². The third-order valence-corrected chi connectivity index (χ3v) is 3.38. The largest absolute Gasteiger partial charge is 0.296 e. The lowest BCUT2D eigenvalue weighted by Gasteiger charge is -2.22. The SMILES string of the molecule is O=C1CC(c2cc(Br)ccc2Cl)CC(=O)N1. The van der Waals surface area contributed by atoms with Crippen molar-refractivity contribution in [3.05, 3.63) is 33.3 Å². The molecule has 1 N–H and O–H groups in total. The summed E-state index contributed by atoms with van der Waals surface area (Å²) in [5.41, 5.74) is 0.847. The van der Waals surface area contributed by atoms with Crippen LogP contribution in [0.25, 0.3) is 0 Å². The number of halogens is 2. The van der Waals surface area contributed by atoms with Gasteiger partial charge in [0.05, 0.1) is 0 Å². The number of amides is 2. The first-order chi connectivity index (χ1) is 7.56. The Morgan fingerprint density at radius 2 is 1.88 bits per heavy atom. The molecule has 1 aliphatic rings. The summed E-state index contributed by atoms with van der Waals surface area (Å²) in [6, 6.07) is 5.45. The summed E-state index contributed by atoms with van der Waals surface area (Å²) in [4.78, 5) is 22.5. The van der Waals surface area contributed by atoms with Gasteiger partial charge in [0, 0.05) is 28.3 Å². The lowest BCUT2D eigenvalue weighted by Crippen LogP contribution is -2.37. The molecule has 0 spiro atoms. The molecule has 0 aliphatic carbocycles. The third kappa shape index (κ3) is 2.44. The molecule has 0 bridgehead atoms. The van der Waals surface area contributed by atoms with Crippen LogP contribution in [0.15, 0.2) is 22.7 Å². The van der Waals surface area contributed by atoms with Crippen LogP contribution in [0.2, 0.25) is 5.02 Å². The Morgan fingerprint density at radius 3 is 2.50 bits per heavy atom. The van der Waals surface area contributed by atoms with Crippen LogP contribution < -0.4 is 5.32 Å². The van der Waals surface area contributed by atoms with Gasteiger partial charge in [-0.15, -0.1) is 0 Å². The molecule has 1 heterocycles. The predicted octanol–water partition coefficient (Wildman–Crippen LogP) is 2.62. The number of piperidine rings is 1. The van der Waals surface area contributed by atoms with E-state index >= 15 is 0 Å². The van der Waals surface area contributed by atoms with Gasteiger partial charge in [-0.25, -0.2) is 0 Å². The highest BCUT2D eigenvalue weighted by atomic mass is 79.9. The first-order valence-corrected chi connectivity index (χ1v) is 6.01. The fourth-order valence-corrected chi connectivity index (χ4v) is 2.48. The van der Waals surface area contributed by atoms with E-state index in [1.807, 2.05) is 12.1 Å². The Balaban J connectivity index is 2.32. The van der Waals surface area contributed by atoms with Crippen LogP contribution in [-0.4, -0.2) is 11.8 Å². The minimum Gasteiger partial charge on any atom is -0.296 e. The van der Waals surface area contributed by atoms with Gasteiger partial charge in [-0.1, -0.05) is 27.5 Å². The molecule has 84 valence electrons. The molecule has 0 radical (unpaired) electrons. The molecular formula is C11H9BrClNO2. The average molecular weight is 303 g/mol. The smallest absolute Gasteiger partial charge is 0.227 e. The summed E-state index contributed by atoms with van der Waals surface area (Å²) >= 11 is 9.41. The fraction of sp³-hybridized carbons (Fsp3) is 0.273.